The average Bonchev–Trinajstić information content (AvgIpc) is 2.30. The van der Waals surface area contributed by atoms with Crippen LogP contribution < -0.4 is 16.4 Å². The Hall–Kier alpha value is -1.22. The standard InChI is InChI=1S/C12H19N3/c13-9-10-8-11(14)4-5-12(10)15-6-2-1-3-7-15/h4-5,8H,1-3,6-7,9,13-14H2. The summed E-state index contributed by atoms with van der Waals surface area (Å²) < 4.78 is 0. The maximum absolute atomic E-state index is 5.76. The van der Waals surface area contributed by atoms with Gasteiger partial charge in [-0.05, 0) is 43.0 Å². The van der Waals surface area contributed by atoms with Gasteiger partial charge in [0.15, 0.2) is 0 Å². The Morgan fingerprint density at radius 3 is 2.53 bits per heavy atom. The van der Waals surface area contributed by atoms with E-state index in [4.69, 9.17) is 11.5 Å². The summed E-state index contributed by atoms with van der Waals surface area (Å²) in [6.07, 6.45) is 3.92. The molecule has 3 nitrogen and oxygen atoms in total. The molecule has 1 aliphatic rings. The normalized spacial score (nSPS) is 16.7. The van der Waals surface area contributed by atoms with Crippen molar-refractivity contribution in [3.63, 3.8) is 0 Å². The van der Waals surface area contributed by atoms with Crippen LogP contribution in [0.25, 0.3) is 0 Å². The fourth-order valence-corrected chi connectivity index (χ4v) is 2.21. The van der Waals surface area contributed by atoms with Crippen LogP contribution in [-0.2, 0) is 6.54 Å². The van der Waals surface area contributed by atoms with Crippen LogP contribution >= 0.6 is 0 Å². The Kier molecular flexibility index (Phi) is 3.11. The third-order valence-corrected chi connectivity index (χ3v) is 3.02. The van der Waals surface area contributed by atoms with Gasteiger partial charge in [-0.1, -0.05) is 0 Å². The lowest BCUT2D eigenvalue weighted by Crippen LogP contribution is -2.30. The summed E-state index contributed by atoms with van der Waals surface area (Å²) >= 11 is 0. The summed E-state index contributed by atoms with van der Waals surface area (Å²) in [4.78, 5) is 2.42. The quantitative estimate of drug-likeness (QED) is 0.723. The van der Waals surface area contributed by atoms with E-state index in [1.54, 1.807) is 0 Å². The molecule has 1 aromatic rings. The van der Waals surface area contributed by atoms with Crippen LogP contribution in [0, 0.1) is 0 Å². The molecule has 0 spiro atoms. The molecule has 1 saturated heterocycles. The second-order valence-electron chi connectivity index (χ2n) is 4.14. The maximum Gasteiger partial charge on any atom is 0.0413 e. The highest BCUT2D eigenvalue weighted by Gasteiger charge is 2.13. The first kappa shape index (κ1) is 10.3. The number of nitrogens with two attached hydrogens (primary N) is 2. The first-order valence-electron chi connectivity index (χ1n) is 5.64. The monoisotopic (exact) mass is 205 g/mol. The van der Waals surface area contributed by atoms with Crippen molar-refractivity contribution >= 4 is 11.4 Å². The largest absolute Gasteiger partial charge is 0.399 e. The van der Waals surface area contributed by atoms with Crippen molar-refractivity contribution in [2.24, 2.45) is 5.73 Å². The first-order valence-corrected chi connectivity index (χ1v) is 5.64. The van der Waals surface area contributed by atoms with Gasteiger partial charge < -0.3 is 16.4 Å². The minimum Gasteiger partial charge on any atom is -0.399 e. The minimum absolute atomic E-state index is 0.566. The van der Waals surface area contributed by atoms with Gasteiger partial charge in [-0.2, -0.15) is 0 Å². The van der Waals surface area contributed by atoms with Gasteiger partial charge >= 0.3 is 0 Å². The van der Waals surface area contributed by atoms with Gasteiger partial charge in [-0.15, -0.1) is 0 Å². The zero-order valence-corrected chi connectivity index (χ0v) is 9.08. The molecule has 1 heterocycles. The van der Waals surface area contributed by atoms with Gasteiger partial charge in [0.1, 0.15) is 0 Å². The highest BCUT2D eigenvalue weighted by Crippen LogP contribution is 2.25. The summed E-state index contributed by atoms with van der Waals surface area (Å²) in [7, 11) is 0. The van der Waals surface area contributed by atoms with E-state index < -0.39 is 0 Å². The third kappa shape index (κ3) is 2.23. The van der Waals surface area contributed by atoms with Gasteiger partial charge in [0, 0.05) is 31.0 Å². The van der Waals surface area contributed by atoms with Crippen LogP contribution in [0.1, 0.15) is 24.8 Å². The Bertz CT molecular complexity index is 330. The predicted molar refractivity (Wildman–Crippen MR) is 64.8 cm³/mol. The number of hydrogen-bond acceptors (Lipinski definition) is 3. The Morgan fingerprint density at radius 1 is 1.13 bits per heavy atom. The highest BCUT2D eigenvalue weighted by molar-refractivity contribution is 5.59. The zero-order chi connectivity index (χ0) is 10.7. The molecule has 0 bridgehead atoms. The van der Waals surface area contributed by atoms with Crippen molar-refractivity contribution in [1.29, 1.82) is 0 Å². The fourth-order valence-electron chi connectivity index (χ4n) is 2.21. The summed E-state index contributed by atoms with van der Waals surface area (Å²) in [5.41, 5.74) is 14.7. The van der Waals surface area contributed by atoms with Crippen LogP contribution in [0.15, 0.2) is 18.2 Å². The molecular formula is C12H19N3. The molecule has 82 valence electrons. The molecule has 3 heteroatoms. The summed E-state index contributed by atoms with van der Waals surface area (Å²) in [5.74, 6) is 0. The van der Waals surface area contributed by atoms with Crippen LogP contribution in [0.3, 0.4) is 0 Å². The molecule has 0 atom stereocenters. The molecule has 0 aromatic heterocycles. The molecule has 4 N–H and O–H groups in total. The molecular weight excluding hydrogens is 186 g/mol. The SMILES string of the molecule is NCc1cc(N)ccc1N1CCCCC1. The molecule has 0 aliphatic carbocycles. The minimum atomic E-state index is 0.566. The molecule has 15 heavy (non-hydrogen) atoms. The van der Waals surface area contributed by atoms with Crippen LogP contribution in [0.2, 0.25) is 0 Å². The van der Waals surface area contributed by atoms with E-state index in [-0.39, 0.29) is 0 Å². The fraction of sp³-hybridized carbons (Fsp3) is 0.500. The Labute approximate surface area is 91.1 Å². The second kappa shape index (κ2) is 4.53. The number of anilines is 2. The average molecular weight is 205 g/mol. The molecule has 0 unspecified atom stereocenters. The Balaban J connectivity index is 2.25. The lowest BCUT2D eigenvalue weighted by atomic mass is 10.1. The smallest absolute Gasteiger partial charge is 0.0413 e. The number of nitrogen functional groups attached to an aromatic ring is 1. The van der Waals surface area contributed by atoms with E-state index in [0.29, 0.717) is 6.54 Å². The number of benzene rings is 1. The molecule has 0 amide bonds. The van der Waals surface area contributed by atoms with E-state index in [2.05, 4.69) is 11.0 Å². The maximum atomic E-state index is 5.76. The number of hydrogen-bond donors (Lipinski definition) is 2. The molecule has 0 saturated carbocycles. The lowest BCUT2D eigenvalue weighted by Gasteiger charge is -2.30. The van der Waals surface area contributed by atoms with E-state index in [0.717, 1.165) is 24.3 Å². The zero-order valence-electron chi connectivity index (χ0n) is 9.08. The van der Waals surface area contributed by atoms with Crippen LogP contribution in [-0.4, -0.2) is 13.1 Å². The summed E-state index contributed by atoms with van der Waals surface area (Å²) in [6, 6.07) is 6.05. The van der Waals surface area contributed by atoms with Crippen molar-refractivity contribution in [2.45, 2.75) is 25.8 Å². The molecule has 1 fully saturated rings. The number of rotatable bonds is 2. The topological polar surface area (TPSA) is 55.3 Å². The van der Waals surface area contributed by atoms with Crippen molar-refractivity contribution in [1.82, 2.24) is 0 Å². The van der Waals surface area contributed by atoms with Crippen LogP contribution in [0.4, 0.5) is 11.4 Å². The predicted octanol–water partition coefficient (Wildman–Crippen LogP) is 1.72. The number of nitrogens with zero attached hydrogens (tertiary/aromatic N) is 1. The third-order valence-electron chi connectivity index (χ3n) is 3.02. The van der Waals surface area contributed by atoms with Crippen molar-refractivity contribution < 1.29 is 0 Å². The highest BCUT2D eigenvalue weighted by atomic mass is 15.1. The second-order valence-corrected chi connectivity index (χ2v) is 4.14. The summed E-state index contributed by atoms with van der Waals surface area (Å²) in [6.45, 7) is 2.87. The van der Waals surface area contributed by atoms with E-state index in [9.17, 15) is 0 Å². The van der Waals surface area contributed by atoms with Gasteiger partial charge in [-0.3, -0.25) is 0 Å². The number of piperidine rings is 1. The van der Waals surface area contributed by atoms with E-state index in [1.165, 1.54) is 24.9 Å². The summed E-state index contributed by atoms with van der Waals surface area (Å²) in [5, 5.41) is 0. The molecule has 1 aromatic carbocycles. The van der Waals surface area contributed by atoms with Gasteiger partial charge in [-0.25, -0.2) is 0 Å². The molecule has 2 rings (SSSR count). The van der Waals surface area contributed by atoms with Crippen molar-refractivity contribution in [3.8, 4) is 0 Å². The van der Waals surface area contributed by atoms with Gasteiger partial charge in [0.05, 0.1) is 0 Å². The van der Waals surface area contributed by atoms with Gasteiger partial charge in [0.25, 0.3) is 0 Å². The van der Waals surface area contributed by atoms with Crippen molar-refractivity contribution in [2.75, 3.05) is 23.7 Å². The molecule has 1 aliphatic heterocycles. The first-order chi connectivity index (χ1) is 7.31. The Morgan fingerprint density at radius 2 is 1.87 bits per heavy atom. The lowest BCUT2D eigenvalue weighted by molar-refractivity contribution is 0.576. The van der Waals surface area contributed by atoms with Crippen LogP contribution in [0.5, 0.6) is 0 Å². The van der Waals surface area contributed by atoms with Gasteiger partial charge in [0.2, 0.25) is 0 Å². The molecule has 0 radical (unpaired) electrons. The van der Waals surface area contributed by atoms with E-state index in [1.807, 2.05) is 12.1 Å². The van der Waals surface area contributed by atoms with Crippen molar-refractivity contribution in [3.05, 3.63) is 23.8 Å². The van der Waals surface area contributed by atoms with E-state index >= 15 is 0 Å².